The molecule has 2 rings (SSSR count). The van der Waals surface area contributed by atoms with Crippen LogP contribution >= 0.6 is 27.3 Å². The predicted molar refractivity (Wildman–Crippen MR) is 70.3 cm³/mol. The van der Waals surface area contributed by atoms with Crippen LogP contribution in [0.2, 0.25) is 0 Å². The Labute approximate surface area is 115 Å². The Balaban J connectivity index is 2.69. The molecule has 2 aromatic rings. The van der Waals surface area contributed by atoms with E-state index in [-0.39, 0.29) is 11.3 Å². The Morgan fingerprint density at radius 3 is 2.67 bits per heavy atom. The number of phenols is 2. The molecule has 0 aliphatic carbocycles. The van der Waals surface area contributed by atoms with Gasteiger partial charge in [0.15, 0.2) is 20.5 Å². The number of nitrogens with zero attached hydrogens (tertiary/aromatic N) is 2. The molecule has 2 N–H and O–H groups in total. The van der Waals surface area contributed by atoms with E-state index in [0.29, 0.717) is 20.9 Å². The third kappa shape index (κ3) is 2.32. The number of aromatic hydroxyl groups is 2. The maximum Gasteiger partial charge on any atom is 0.183 e. The highest BCUT2D eigenvalue weighted by Gasteiger charge is 2.21. The molecule has 0 saturated carbocycles. The fourth-order valence-electron chi connectivity index (χ4n) is 1.71. The van der Waals surface area contributed by atoms with E-state index in [9.17, 15) is 14.6 Å². The zero-order chi connectivity index (χ0) is 13.3. The van der Waals surface area contributed by atoms with E-state index in [0.717, 1.165) is 12.5 Å². The van der Waals surface area contributed by atoms with Crippen LogP contribution in [0.15, 0.2) is 9.98 Å². The van der Waals surface area contributed by atoms with Crippen molar-refractivity contribution in [2.24, 2.45) is 0 Å². The van der Waals surface area contributed by atoms with E-state index in [1.54, 1.807) is 0 Å². The number of rotatable bonds is 3. The predicted octanol–water partition coefficient (Wildman–Crippen LogP) is 3.47. The summed E-state index contributed by atoms with van der Waals surface area (Å²) < 4.78 is 14.0. The molecule has 0 bridgehead atoms. The third-order valence-electron chi connectivity index (χ3n) is 2.45. The minimum Gasteiger partial charge on any atom is -0.508 e. The largest absolute Gasteiger partial charge is 0.508 e. The lowest BCUT2D eigenvalue weighted by Crippen LogP contribution is -1.94. The molecular formula is C11H10BrFN2O2S. The van der Waals surface area contributed by atoms with E-state index in [1.165, 1.54) is 11.3 Å². The van der Waals surface area contributed by atoms with Crippen molar-refractivity contribution in [1.82, 2.24) is 10.2 Å². The summed E-state index contributed by atoms with van der Waals surface area (Å²) in [7, 11) is 0. The van der Waals surface area contributed by atoms with Gasteiger partial charge in [-0.2, -0.15) is 0 Å². The zero-order valence-electron chi connectivity index (χ0n) is 9.44. The number of halogens is 2. The van der Waals surface area contributed by atoms with Gasteiger partial charge in [0.1, 0.15) is 5.75 Å². The molecule has 0 amide bonds. The Hall–Kier alpha value is -1.21. The van der Waals surface area contributed by atoms with Crippen LogP contribution in [0.4, 0.5) is 4.39 Å². The van der Waals surface area contributed by atoms with Crippen LogP contribution in [0.1, 0.15) is 18.9 Å². The second-order valence-electron chi connectivity index (χ2n) is 3.69. The monoisotopic (exact) mass is 332 g/mol. The fraction of sp³-hybridized carbons (Fsp3) is 0.273. The quantitative estimate of drug-likeness (QED) is 0.844. The molecule has 96 valence electrons. The van der Waals surface area contributed by atoms with Gasteiger partial charge in [-0.05, 0) is 22.4 Å². The molecule has 0 radical (unpaired) electrons. The summed E-state index contributed by atoms with van der Waals surface area (Å²) in [5, 5.41) is 27.6. The molecule has 1 aromatic carbocycles. The molecule has 0 unspecified atom stereocenters. The first-order chi connectivity index (χ1) is 8.54. The van der Waals surface area contributed by atoms with Crippen molar-refractivity contribution in [2.75, 3.05) is 0 Å². The highest BCUT2D eigenvalue weighted by Crippen LogP contribution is 2.41. The molecule has 1 heterocycles. The van der Waals surface area contributed by atoms with Gasteiger partial charge in [0.25, 0.3) is 0 Å². The van der Waals surface area contributed by atoms with E-state index < -0.39 is 11.6 Å². The maximum absolute atomic E-state index is 13.5. The van der Waals surface area contributed by atoms with Gasteiger partial charge in [0.2, 0.25) is 0 Å². The topological polar surface area (TPSA) is 66.2 Å². The van der Waals surface area contributed by atoms with Crippen LogP contribution in [-0.2, 0) is 6.42 Å². The molecule has 1 aromatic heterocycles. The Morgan fingerprint density at radius 2 is 2.11 bits per heavy atom. The number of phenolic OH excluding ortho intramolecular Hbond substituents is 2. The first kappa shape index (κ1) is 13.2. The third-order valence-corrected chi connectivity index (χ3v) is 3.83. The van der Waals surface area contributed by atoms with Crippen LogP contribution < -0.4 is 0 Å². The fourth-order valence-corrected chi connectivity index (χ4v) is 2.89. The molecular weight excluding hydrogens is 323 g/mol. The number of hydrogen-bond acceptors (Lipinski definition) is 5. The van der Waals surface area contributed by atoms with Crippen molar-refractivity contribution in [3.05, 3.63) is 21.4 Å². The van der Waals surface area contributed by atoms with Gasteiger partial charge in [-0.15, -0.1) is 10.2 Å². The number of aromatic nitrogens is 2. The summed E-state index contributed by atoms with van der Waals surface area (Å²) in [4.78, 5) is 0. The molecule has 0 atom stereocenters. The van der Waals surface area contributed by atoms with Crippen LogP contribution in [0, 0.1) is 5.82 Å². The van der Waals surface area contributed by atoms with Gasteiger partial charge in [0.05, 0.1) is 5.56 Å². The second kappa shape index (κ2) is 5.19. The summed E-state index contributed by atoms with van der Waals surface area (Å²) in [5.41, 5.74) is 0.706. The van der Waals surface area contributed by atoms with Gasteiger partial charge in [-0.3, -0.25) is 0 Å². The molecule has 0 aliphatic heterocycles. The van der Waals surface area contributed by atoms with Gasteiger partial charge >= 0.3 is 0 Å². The van der Waals surface area contributed by atoms with E-state index in [2.05, 4.69) is 26.1 Å². The van der Waals surface area contributed by atoms with Crippen LogP contribution in [-0.4, -0.2) is 20.4 Å². The minimum atomic E-state index is -0.867. The number of hydrogen-bond donors (Lipinski definition) is 2. The van der Waals surface area contributed by atoms with Crippen molar-refractivity contribution in [3.63, 3.8) is 0 Å². The SMILES string of the molecule is CCCc1c(O)cc(F)c(O)c1-c1nnc(Br)s1. The van der Waals surface area contributed by atoms with E-state index in [4.69, 9.17) is 0 Å². The van der Waals surface area contributed by atoms with Crippen molar-refractivity contribution < 1.29 is 14.6 Å². The zero-order valence-corrected chi connectivity index (χ0v) is 11.8. The van der Waals surface area contributed by atoms with Crippen molar-refractivity contribution in [3.8, 4) is 22.1 Å². The van der Waals surface area contributed by atoms with Crippen LogP contribution in [0.5, 0.6) is 11.5 Å². The average molecular weight is 333 g/mol. The highest BCUT2D eigenvalue weighted by atomic mass is 79.9. The van der Waals surface area contributed by atoms with Crippen molar-refractivity contribution in [1.29, 1.82) is 0 Å². The van der Waals surface area contributed by atoms with E-state index in [1.807, 2.05) is 6.92 Å². The Bertz CT molecular complexity index is 589. The van der Waals surface area contributed by atoms with E-state index >= 15 is 0 Å². The van der Waals surface area contributed by atoms with Gasteiger partial charge in [-0.1, -0.05) is 24.7 Å². The standard InChI is InChI=1S/C11H10BrFN2O2S/c1-2-3-5-7(16)4-6(13)9(17)8(5)10-14-15-11(12)18-10/h4,16-17H,2-3H2,1H3. The molecule has 0 saturated heterocycles. The summed E-state index contributed by atoms with van der Waals surface area (Å²) in [6.07, 6.45) is 1.28. The Kier molecular flexibility index (Phi) is 3.82. The van der Waals surface area contributed by atoms with Crippen LogP contribution in [0.3, 0.4) is 0 Å². The van der Waals surface area contributed by atoms with Crippen LogP contribution in [0.25, 0.3) is 10.6 Å². The lowest BCUT2D eigenvalue weighted by Gasteiger charge is -2.11. The summed E-state index contributed by atoms with van der Waals surface area (Å²) in [5.74, 6) is -1.54. The normalized spacial score (nSPS) is 10.8. The van der Waals surface area contributed by atoms with Crippen molar-refractivity contribution in [2.45, 2.75) is 19.8 Å². The maximum atomic E-state index is 13.5. The number of benzene rings is 1. The molecule has 4 nitrogen and oxygen atoms in total. The molecule has 7 heteroatoms. The first-order valence-electron chi connectivity index (χ1n) is 5.27. The smallest absolute Gasteiger partial charge is 0.183 e. The Morgan fingerprint density at radius 1 is 1.39 bits per heavy atom. The minimum absolute atomic E-state index is 0.173. The molecule has 18 heavy (non-hydrogen) atoms. The second-order valence-corrected chi connectivity index (χ2v) is 5.94. The molecule has 0 fully saturated rings. The lowest BCUT2D eigenvalue weighted by atomic mass is 10.0. The average Bonchev–Trinajstić information content (AvgIpc) is 2.73. The lowest BCUT2D eigenvalue weighted by molar-refractivity contribution is 0.420. The van der Waals surface area contributed by atoms with Gasteiger partial charge in [0, 0.05) is 11.6 Å². The van der Waals surface area contributed by atoms with Crippen molar-refractivity contribution >= 4 is 27.3 Å². The van der Waals surface area contributed by atoms with Gasteiger partial charge in [-0.25, -0.2) is 4.39 Å². The first-order valence-corrected chi connectivity index (χ1v) is 6.88. The summed E-state index contributed by atoms with van der Waals surface area (Å²) in [6.45, 7) is 1.93. The van der Waals surface area contributed by atoms with Gasteiger partial charge < -0.3 is 10.2 Å². The molecule has 0 spiro atoms. The molecule has 0 aliphatic rings. The highest BCUT2D eigenvalue weighted by molar-refractivity contribution is 9.11. The summed E-state index contributed by atoms with van der Waals surface area (Å²) in [6, 6.07) is 0.917. The summed E-state index contributed by atoms with van der Waals surface area (Å²) >= 11 is 4.33.